The Kier molecular flexibility index (Phi) is 5.87. The first-order valence-electron chi connectivity index (χ1n) is 14.5. The molecule has 38 heavy (non-hydrogen) atoms. The fraction of sp³-hybridized carbons (Fsp3) is 0.758. The van der Waals surface area contributed by atoms with Crippen molar-refractivity contribution in [3.8, 4) is 6.07 Å². The number of ether oxygens (including phenoxy) is 1. The molecule has 0 spiro atoms. The third-order valence-electron chi connectivity index (χ3n) is 12.8. The number of carbonyl (C=O) groups is 3. The Morgan fingerprint density at radius 1 is 1.03 bits per heavy atom. The standard InChI is InChI=1S/C33H45NO4/c1-28(2)11-13-33(18-25(36)38-8)14-12-32(7)26(21(33)17-28)22(35)15-24-30(5)16-20(19-34)27(37)29(3,4)23(30)9-10-31(24,32)6/h15-16,21,23,26H,9-14,17-18H2,1-8H3/t21?,23-,26?,30-,31+,32+,33+/m0/s1. The molecule has 0 aromatic rings. The number of methoxy groups -OCH3 is 1. The molecule has 0 amide bonds. The highest BCUT2D eigenvalue weighted by molar-refractivity contribution is 6.04. The predicted molar refractivity (Wildman–Crippen MR) is 146 cm³/mol. The van der Waals surface area contributed by atoms with E-state index in [0.29, 0.717) is 6.42 Å². The molecule has 0 bridgehead atoms. The van der Waals surface area contributed by atoms with E-state index in [1.54, 1.807) is 0 Å². The van der Waals surface area contributed by atoms with E-state index < -0.39 is 10.8 Å². The zero-order valence-electron chi connectivity index (χ0n) is 24.6. The highest BCUT2D eigenvalue weighted by Crippen LogP contribution is 2.74. The average Bonchev–Trinajstić information content (AvgIpc) is 2.83. The van der Waals surface area contributed by atoms with E-state index >= 15 is 0 Å². The van der Waals surface area contributed by atoms with Crippen LogP contribution in [0.3, 0.4) is 0 Å². The maximum Gasteiger partial charge on any atom is 0.306 e. The number of esters is 1. The number of carbonyl (C=O) groups excluding carboxylic acids is 3. The quantitative estimate of drug-likeness (QED) is 0.376. The normalized spacial score (nSPS) is 44.8. The molecule has 0 N–H and O–H groups in total. The lowest BCUT2D eigenvalue weighted by atomic mass is 9.34. The topological polar surface area (TPSA) is 84.2 Å². The van der Waals surface area contributed by atoms with E-state index in [2.05, 4.69) is 40.7 Å². The molecule has 7 atom stereocenters. The van der Waals surface area contributed by atoms with Crippen molar-refractivity contribution < 1.29 is 19.1 Å². The first-order valence-corrected chi connectivity index (χ1v) is 14.5. The Morgan fingerprint density at radius 2 is 1.68 bits per heavy atom. The van der Waals surface area contributed by atoms with Crippen molar-refractivity contribution in [3.63, 3.8) is 0 Å². The lowest BCUT2D eigenvalue weighted by molar-refractivity contribution is -0.178. The van der Waals surface area contributed by atoms with Crippen LogP contribution in [0.5, 0.6) is 0 Å². The van der Waals surface area contributed by atoms with Crippen molar-refractivity contribution in [1.29, 1.82) is 5.26 Å². The zero-order valence-corrected chi connectivity index (χ0v) is 24.6. The first kappa shape index (κ1) is 27.4. The SMILES string of the molecule is COC(=O)C[C@]12CCC(C)(C)CC1C1C(=O)C=C3[C@@]4(C)C=C(C#N)C(=O)C(C)(C)[C@@H]4CC[C@@]3(C)[C@]1(C)CC2. The Hall–Kier alpha value is -2.22. The minimum absolute atomic E-state index is 0.0440. The lowest BCUT2D eigenvalue weighted by Crippen LogP contribution is -2.65. The second kappa shape index (κ2) is 8.15. The molecule has 5 heteroatoms. The van der Waals surface area contributed by atoms with Gasteiger partial charge in [-0.3, -0.25) is 14.4 Å². The van der Waals surface area contributed by atoms with E-state index in [-0.39, 0.29) is 62.5 Å². The summed E-state index contributed by atoms with van der Waals surface area (Å²) in [6.45, 7) is 15.4. The largest absolute Gasteiger partial charge is 0.469 e. The summed E-state index contributed by atoms with van der Waals surface area (Å²) >= 11 is 0. The molecule has 3 fully saturated rings. The molecule has 0 radical (unpaired) electrons. The van der Waals surface area contributed by atoms with Gasteiger partial charge >= 0.3 is 5.97 Å². The molecule has 2 unspecified atom stereocenters. The maximum absolute atomic E-state index is 14.4. The number of nitriles is 1. The van der Waals surface area contributed by atoms with E-state index in [1.807, 2.05) is 26.0 Å². The number of rotatable bonds is 2. The van der Waals surface area contributed by atoms with Crippen LogP contribution in [0.25, 0.3) is 0 Å². The van der Waals surface area contributed by atoms with Gasteiger partial charge in [0.2, 0.25) is 0 Å². The number of ketones is 2. The van der Waals surface area contributed by atoms with E-state index in [1.165, 1.54) is 7.11 Å². The zero-order chi connectivity index (χ0) is 28.1. The maximum atomic E-state index is 14.4. The Morgan fingerprint density at radius 3 is 2.32 bits per heavy atom. The van der Waals surface area contributed by atoms with Gasteiger partial charge in [-0.15, -0.1) is 0 Å². The molecule has 5 rings (SSSR count). The van der Waals surface area contributed by atoms with Crippen LogP contribution in [-0.2, 0) is 19.1 Å². The molecule has 206 valence electrons. The lowest BCUT2D eigenvalue weighted by Gasteiger charge is -2.69. The molecule has 5 nitrogen and oxygen atoms in total. The summed E-state index contributed by atoms with van der Waals surface area (Å²) in [6, 6.07) is 2.18. The number of hydrogen-bond acceptors (Lipinski definition) is 5. The number of nitrogens with zero attached hydrogens (tertiary/aromatic N) is 1. The highest BCUT2D eigenvalue weighted by Gasteiger charge is 2.69. The summed E-state index contributed by atoms with van der Waals surface area (Å²) in [5, 5.41) is 9.88. The third-order valence-corrected chi connectivity index (χ3v) is 12.8. The number of hydrogen-bond donors (Lipinski definition) is 0. The van der Waals surface area contributed by atoms with E-state index in [4.69, 9.17) is 4.74 Å². The minimum atomic E-state index is -0.660. The van der Waals surface area contributed by atoms with Crippen molar-refractivity contribution in [3.05, 3.63) is 23.3 Å². The van der Waals surface area contributed by atoms with Crippen molar-refractivity contribution >= 4 is 17.5 Å². The Balaban J connectivity index is 1.68. The summed E-state index contributed by atoms with van der Waals surface area (Å²) in [4.78, 5) is 40.3. The number of fused-ring (bicyclic) bond motifs is 7. The molecule has 3 saturated carbocycles. The second-order valence-electron chi connectivity index (χ2n) is 15.4. The van der Waals surface area contributed by atoms with E-state index in [9.17, 15) is 19.6 Å². The van der Waals surface area contributed by atoms with Crippen molar-refractivity contribution in [2.24, 2.45) is 50.2 Å². The van der Waals surface area contributed by atoms with Gasteiger partial charge in [-0.2, -0.15) is 5.26 Å². The Bertz CT molecular complexity index is 1220. The molecule has 0 aromatic heterocycles. The van der Waals surface area contributed by atoms with Crippen LogP contribution in [0, 0.1) is 61.6 Å². The summed E-state index contributed by atoms with van der Waals surface area (Å²) in [7, 11) is 1.47. The van der Waals surface area contributed by atoms with Crippen molar-refractivity contribution in [1.82, 2.24) is 0 Å². The average molecular weight is 520 g/mol. The van der Waals surface area contributed by atoms with Gasteiger partial charge in [0.1, 0.15) is 6.07 Å². The van der Waals surface area contributed by atoms with Crippen LogP contribution >= 0.6 is 0 Å². The van der Waals surface area contributed by atoms with E-state index in [0.717, 1.165) is 50.5 Å². The second-order valence-corrected chi connectivity index (χ2v) is 15.4. The van der Waals surface area contributed by atoms with Gasteiger partial charge in [-0.05, 0) is 84.5 Å². The molecule has 0 aromatic carbocycles. The first-order chi connectivity index (χ1) is 17.5. The van der Waals surface area contributed by atoms with Crippen LogP contribution in [0.15, 0.2) is 23.3 Å². The molecule has 5 aliphatic rings. The van der Waals surface area contributed by atoms with Crippen molar-refractivity contribution in [2.45, 2.75) is 99.8 Å². The van der Waals surface area contributed by atoms with Crippen LogP contribution in [0.1, 0.15) is 99.8 Å². The van der Waals surface area contributed by atoms with Gasteiger partial charge in [-0.1, -0.05) is 60.1 Å². The summed E-state index contributed by atoms with van der Waals surface area (Å²) < 4.78 is 5.17. The monoisotopic (exact) mass is 519 g/mol. The van der Waals surface area contributed by atoms with Gasteiger partial charge < -0.3 is 4.74 Å². The van der Waals surface area contributed by atoms with Gasteiger partial charge in [0.05, 0.1) is 19.1 Å². The molecular formula is C33H45NO4. The predicted octanol–water partition coefficient (Wildman–Crippen LogP) is 6.77. The molecule has 0 saturated heterocycles. The summed E-state index contributed by atoms with van der Waals surface area (Å²) in [6.07, 6.45) is 10.8. The minimum Gasteiger partial charge on any atom is -0.469 e. The van der Waals surface area contributed by atoms with Gasteiger partial charge in [-0.25, -0.2) is 0 Å². The Labute approximate surface area is 228 Å². The molecule has 0 aliphatic heterocycles. The molecule has 0 heterocycles. The number of Topliss-reactive ketones (excluding diaryl/α,β-unsaturated/α-hetero) is 1. The van der Waals surface area contributed by atoms with Crippen LogP contribution in [0.2, 0.25) is 0 Å². The highest BCUT2D eigenvalue weighted by atomic mass is 16.5. The van der Waals surface area contributed by atoms with Crippen LogP contribution in [-0.4, -0.2) is 24.6 Å². The van der Waals surface area contributed by atoms with Crippen LogP contribution < -0.4 is 0 Å². The fourth-order valence-electron chi connectivity index (χ4n) is 10.4. The van der Waals surface area contributed by atoms with Gasteiger partial charge in [0.15, 0.2) is 11.6 Å². The summed E-state index contributed by atoms with van der Waals surface area (Å²) in [5.41, 5.74) is -0.399. The van der Waals surface area contributed by atoms with Crippen LogP contribution in [0.4, 0.5) is 0 Å². The third kappa shape index (κ3) is 3.37. The summed E-state index contributed by atoms with van der Waals surface area (Å²) in [5.74, 6) is -0.0334. The molecule has 5 aliphatic carbocycles. The van der Waals surface area contributed by atoms with Crippen molar-refractivity contribution in [2.75, 3.05) is 7.11 Å². The van der Waals surface area contributed by atoms with Gasteiger partial charge in [0.25, 0.3) is 0 Å². The smallest absolute Gasteiger partial charge is 0.306 e. The molecular weight excluding hydrogens is 474 g/mol. The number of allylic oxidation sites excluding steroid dienone is 4. The fourth-order valence-corrected chi connectivity index (χ4v) is 10.4. The van der Waals surface area contributed by atoms with Gasteiger partial charge in [0, 0.05) is 16.7 Å².